The average molecular weight is 263 g/mol. The zero-order chi connectivity index (χ0) is 13.8. The molecule has 0 bridgehead atoms. The molecule has 1 aromatic rings. The first-order chi connectivity index (χ1) is 9.04. The van der Waals surface area contributed by atoms with Crippen LogP contribution in [0.3, 0.4) is 0 Å². The molecule has 1 amide bonds. The second-order valence-electron chi connectivity index (χ2n) is 5.92. The highest BCUT2D eigenvalue weighted by molar-refractivity contribution is 5.76. The predicted octanol–water partition coefficient (Wildman–Crippen LogP) is 2.58. The maximum atomic E-state index is 11.9. The number of carbonyl (C=O) groups is 1. The Morgan fingerprint density at radius 1 is 1.37 bits per heavy atom. The molecule has 106 valence electrons. The SMILES string of the molecule is Cc1cc(C)n(CCC(=O)NC2CCC(C)CC2)n1. The fraction of sp³-hybridized carbons (Fsp3) is 0.733. The molecule has 4 nitrogen and oxygen atoms in total. The first-order valence-electron chi connectivity index (χ1n) is 7.35. The maximum absolute atomic E-state index is 11.9. The van der Waals surface area contributed by atoms with Crippen LogP contribution in [0.1, 0.15) is 50.4 Å². The van der Waals surface area contributed by atoms with Gasteiger partial charge in [0.05, 0.1) is 5.69 Å². The fourth-order valence-corrected chi connectivity index (χ4v) is 2.81. The number of amides is 1. The highest BCUT2D eigenvalue weighted by Crippen LogP contribution is 2.23. The van der Waals surface area contributed by atoms with Crippen LogP contribution in [0, 0.1) is 19.8 Å². The summed E-state index contributed by atoms with van der Waals surface area (Å²) in [6.07, 6.45) is 5.26. The summed E-state index contributed by atoms with van der Waals surface area (Å²) in [6, 6.07) is 2.43. The number of aromatic nitrogens is 2. The van der Waals surface area contributed by atoms with Gasteiger partial charge in [0.15, 0.2) is 0 Å². The van der Waals surface area contributed by atoms with Crippen molar-refractivity contribution < 1.29 is 4.79 Å². The van der Waals surface area contributed by atoms with Gasteiger partial charge in [-0.2, -0.15) is 5.10 Å². The lowest BCUT2D eigenvalue weighted by Gasteiger charge is -2.26. The molecular formula is C15H25N3O. The van der Waals surface area contributed by atoms with Crippen LogP contribution in [0.25, 0.3) is 0 Å². The molecule has 1 aliphatic carbocycles. The van der Waals surface area contributed by atoms with Crippen LogP contribution in [0.2, 0.25) is 0 Å². The van der Waals surface area contributed by atoms with E-state index in [0.29, 0.717) is 19.0 Å². The standard InChI is InChI=1S/C15H25N3O/c1-11-4-6-14(7-5-11)16-15(19)8-9-18-13(3)10-12(2)17-18/h10-11,14H,4-9H2,1-3H3,(H,16,19). The first-order valence-corrected chi connectivity index (χ1v) is 7.35. The van der Waals surface area contributed by atoms with E-state index in [1.54, 1.807) is 0 Å². The number of carbonyl (C=O) groups excluding carboxylic acids is 1. The normalized spacial score (nSPS) is 23.3. The number of aryl methyl sites for hydroxylation is 3. The summed E-state index contributed by atoms with van der Waals surface area (Å²) in [7, 11) is 0. The van der Waals surface area contributed by atoms with Crippen LogP contribution in [-0.4, -0.2) is 21.7 Å². The number of rotatable bonds is 4. The van der Waals surface area contributed by atoms with Crippen molar-refractivity contribution in [3.63, 3.8) is 0 Å². The quantitative estimate of drug-likeness (QED) is 0.907. The second kappa shape index (κ2) is 6.22. The van der Waals surface area contributed by atoms with Crippen molar-refractivity contribution in [1.29, 1.82) is 0 Å². The van der Waals surface area contributed by atoms with Crippen LogP contribution in [0.5, 0.6) is 0 Å². The molecular weight excluding hydrogens is 238 g/mol. The molecule has 0 spiro atoms. The van der Waals surface area contributed by atoms with Crippen molar-refractivity contribution in [3.8, 4) is 0 Å². The van der Waals surface area contributed by atoms with Gasteiger partial charge in [0.25, 0.3) is 0 Å². The minimum absolute atomic E-state index is 0.159. The van der Waals surface area contributed by atoms with Gasteiger partial charge in [-0.05, 0) is 51.5 Å². The number of hydrogen-bond donors (Lipinski definition) is 1. The van der Waals surface area contributed by atoms with Crippen molar-refractivity contribution >= 4 is 5.91 Å². The molecule has 0 aromatic carbocycles. The van der Waals surface area contributed by atoms with Gasteiger partial charge in [0, 0.05) is 24.7 Å². The Kier molecular flexibility index (Phi) is 4.61. The van der Waals surface area contributed by atoms with Crippen molar-refractivity contribution in [2.75, 3.05) is 0 Å². The minimum Gasteiger partial charge on any atom is -0.353 e. The zero-order valence-corrected chi connectivity index (χ0v) is 12.3. The summed E-state index contributed by atoms with van der Waals surface area (Å²) in [4.78, 5) is 11.9. The average Bonchev–Trinajstić information content (AvgIpc) is 2.68. The van der Waals surface area contributed by atoms with Gasteiger partial charge >= 0.3 is 0 Å². The van der Waals surface area contributed by atoms with E-state index >= 15 is 0 Å². The van der Waals surface area contributed by atoms with E-state index in [9.17, 15) is 4.79 Å². The third kappa shape index (κ3) is 4.08. The van der Waals surface area contributed by atoms with Crippen molar-refractivity contribution in [1.82, 2.24) is 15.1 Å². The fourth-order valence-electron chi connectivity index (χ4n) is 2.81. The Morgan fingerprint density at radius 2 is 2.05 bits per heavy atom. The number of nitrogens with zero attached hydrogens (tertiary/aromatic N) is 2. The molecule has 19 heavy (non-hydrogen) atoms. The Bertz CT molecular complexity index is 431. The monoisotopic (exact) mass is 263 g/mol. The molecule has 0 aliphatic heterocycles. The van der Waals surface area contributed by atoms with Gasteiger partial charge in [-0.1, -0.05) is 6.92 Å². The van der Waals surface area contributed by atoms with Crippen LogP contribution >= 0.6 is 0 Å². The van der Waals surface area contributed by atoms with Gasteiger partial charge in [0.2, 0.25) is 5.91 Å². The summed E-state index contributed by atoms with van der Waals surface area (Å²) in [5.74, 6) is 0.981. The van der Waals surface area contributed by atoms with Gasteiger partial charge in [-0.25, -0.2) is 0 Å². The minimum atomic E-state index is 0.159. The van der Waals surface area contributed by atoms with Crippen molar-refractivity contribution in [3.05, 3.63) is 17.5 Å². The van der Waals surface area contributed by atoms with E-state index < -0.39 is 0 Å². The Balaban J connectivity index is 1.74. The molecule has 1 fully saturated rings. The topological polar surface area (TPSA) is 46.9 Å². The summed E-state index contributed by atoms with van der Waals surface area (Å²) < 4.78 is 1.91. The van der Waals surface area contributed by atoms with Gasteiger partial charge in [0.1, 0.15) is 0 Å². The van der Waals surface area contributed by atoms with E-state index in [1.807, 2.05) is 24.6 Å². The largest absolute Gasteiger partial charge is 0.353 e. The molecule has 0 unspecified atom stereocenters. The van der Waals surface area contributed by atoms with E-state index in [-0.39, 0.29) is 5.91 Å². The highest BCUT2D eigenvalue weighted by atomic mass is 16.1. The lowest BCUT2D eigenvalue weighted by Crippen LogP contribution is -2.37. The molecule has 4 heteroatoms. The van der Waals surface area contributed by atoms with Crippen molar-refractivity contribution in [2.24, 2.45) is 5.92 Å². The van der Waals surface area contributed by atoms with E-state index in [2.05, 4.69) is 17.3 Å². The van der Waals surface area contributed by atoms with Crippen molar-refractivity contribution in [2.45, 2.75) is 65.5 Å². The Labute approximate surface area is 115 Å². The molecule has 1 N–H and O–H groups in total. The Hall–Kier alpha value is -1.32. The molecule has 1 saturated carbocycles. The highest BCUT2D eigenvalue weighted by Gasteiger charge is 2.19. The lowest BCUT2D eigenvalue weighted by atomic mass is 9.87. The molecule has 0 atom stereocenters. The number of nitrogens with one attached hydrogen (secondary N) is 1. The summed E-state index contributed by atoms with van der Waals surface area (Å²) in [5.41, 5.74) is 2.14. The summed E-state index contributed by atoms with van der Waals surface area (Å²) in [5, 5.41) is 7.53. The van der Waals surface area contributed by atoms with Gasteiger partial charge in [-0.3, -0.25) is 9.48 Å². The van der Waals surface area contributed by atoms with Crippen LogP contribution < -0.4 is 5.32 Å². The van der Waals surface area contributed by atoms with E-state index in [1.165, 1.54) is 12.8 Å². The Morgan fingerprint density at radius 3 is 2.63 bits per heavy atom. The third-order valence-electron chi connectivity index (χ3n) is 4.03. The predicted molar refractivity (Wildman–Crippen MR) is 75.9 cm³/mol. The van der Waals surface area contributed by atoms with Crippen LogP contribution in [-0.2, 0) is 11.3 Å². The molecule has 0 saturated heterocycles. The van der Waals surface area contributed by atoms with E-state index in [0.717, 1.165) is 30.1 Å². The first kappa shape index (κ1) is 14.1. The smallest absolute Gasteiger partial charge is 0.222 e. The summed E-state index contributed by atoms with van der Waals surface area (Å²) in [6.45, 7) is 6.97. The molecule has 2 rings (SSSR count). The molecule has 1 aliphatic rings. The maximum Gasteiger partial charge on any atom is 0.222 e. The molecule has 1 heterocycles. The molecule has 0 radical (unpaired) electrons. The summed E-state index contributed by atoms with van der Waals surface area (Å²) >= 11 is 0. The van der Waals surface area contributed by atoms with E-state index in [4.69, 9.17) is 0 Å². The van der Waals surface area contributed by atoms with Gasteiger partial charge in [-0.15, -0.1) is 0 Å². The van der Waals surface area contributed by atoms with Crippen LogP contribution in [0.4, 0.5) is 0 Å². The zero-order valence-electron chi connectivity index (χ0n) is 12.3. The molecule has 1 aromatic heterocycles. The number of hydrogen-bond acceptors (Lipinski definition) is 2. The van der Waals surface area contributed by atoms with Gasteiger partial charge < -0.3 is 5.32 Å². The second-order valence-corrected chi connectivity index (χ2v) is 5.92. The third-order valence-corrected chi connectivity index (χ3v) is 4.03. The van der Waals surface area contributed by atoms with Crippen LogP contribution in [0.15, 0.2) is 6.07 Å². The lowest BCUT2D eigenvalue weighted by molar-refractivity contribution is -0.122.